The third kappa shape index (κ3) is 9.11. The molecule has 2 N–H and O–H groups in total. The molecule has 0 radical (unpaired) electrons. The van der Waals surface area contributed by atoms with Gasteiger partial charge in [-0.2, -0.15) is 13.2 Å². The number of nitrogens with zero attached hydrogens (tertiary/aromatic N) is 1. The van der Waals surface area contributed by atoms with E-state index in [9.17, 15) is 23.1 Å². The first-order valence-corrected chi connectivity index (χ1v) is 14.0. The number of piperidine rings is 1. The van der Waals surface area contributed by atoms with E-state index in [1.165, 1.54) is 19.1 Å². The highest BCUT2D eigenvalue weighted by molar-refractivity contribution is 5.80. The summed E-state index contributed by atoms with van der Waals surface area (Å²) in [5, 5.41) is 18.7. The number of alkyl halides is 3. The van der Waals surface area contributed by atoms with Crippen molar-refractivity contribution in [3.05, 3.63) is 101 Å². The zero-order chi connectivity index (χ0) is 31.0. The SMILES string of the molecule is Cc1cc(OCC=C(c2ccc(C#CCN3CCC(O)CC3)cc2)c2ccc(C(F)(F)F)cc2)ccc1OC(C)C(=O)O. The van der Waals surface area contributed by atoms with Crippen LogP contribution in [0.25, 0.3) is 5.57 Å². The van der Waals surface area contributed by atoms with Gasteiger partial charge in [-0.05, 0) is 97.5 Å². The fraction of sp³-hybridized carbons (Fsp3) is 0.324. The predicted molar refractivity (Wildman–Crippen MR) is 158 cm³/mol. The first-order valence-electron chi connectivity index (χ1n) is 14.0. The molecule has 226 valence electrons. The number of likely N-dealkylation sites (tertiary alicyclic amines) is 1. The molecule has 0 aliphatic carbocycles. The van der Waals surface area contributed by atoms with E-state index in [0.29, 0.717) is 34.7 Å². The minimum atomic E-state index is -4.43. The van der Waals surface area contributed by atoms with Crippen molar-refractivity contribution < 1.29 is 37.7 Å². The van der Waals surface area contributed by atoms with Crippen LogP contribution in [0, 0.1) is 18.8 Å². The first-order chi connectivity index (χ1) is 20.5. The van der Waals surface area contributed by atoms with Crippen molar-refractivity contribution in [2.24, 2.45) is 0 Å². The van der Waals surface area contributed by atoms with Gasteiger partial charge in [0.05, 0.1) is 18.2 Å². The Morgan fingerprint density at radius 2 is 1.67 bits per heavy atom. The summed E-state index contributed by atoms with van der Waals surface area (Å²) < 4.78 is 50.9. The second-order valence-electron chi connectivity index (χ2n) is 10.4. The Labute approximate surface area is 249 Å². The fourth-order valence-electron chi connectivity index (χ4n) is 4.61. The molecule has 1 fully saturated rings. The molecule has 0 amide bonds. The normalized spacial score (nSPS) is 15.3. The Kier molecular flexibility index (Phi) is 10.5. The summed E-state index contributed by atoms with van der Waals surface area (Å²) >= 11 is 0. The lowest BCUT2D eigenvalue weighted by atomic mass is 9.96. The second-order valence-corrected chi connectivity index (χ2v) is 10.4. The van der Waals surface area contributed by atoms with Crippen molar-refractivity contribution in [1.82, 2.24) is 4.90 Å². The van der Waals surface area contributed by atoms with Crippen LogP contribution in [0.5, 0.6) is 11.5 Å². The van der Waals surface area contributed by atoms with Crippen molar-refractivity contribution >= 4 is 11.5 Å². The molecule has 1 atom stereocenters. The molecule has 6 nitrogen and oxygen atoms in total. The third-order valence-electron chi connectivity index (χ3n) is 7.15. The topological polar surface area (TPSA) is 79.2 Å². The van der Waals surface area contributed by atoms with Gasteiger partial charge in [0.15, 0.2) is 6.10 Å². The van der Waals surface area contributed by atoms with E-state index in [1.54, 1.807) is 31.2 Å². The summed E-state index contributed by atoms with van der Waals surface area (Å²) in [6.07, 6.45) is -2.35. The Morgan fingerprint density at radius 3 is 2.26 bits per heavy atom. The smallest absolute Gasteiger partial charge is 0.416 e. The van der Waals surface area contributed by atoms with E-state index in [2.05, 4.69) is 16.7 Å². The van der Waals surface area contributed by atoms with E-state index in [-0.39, 0.29) is 12.7 Å². The van der Waals surface area contributed by atoms with Crippen LogP contribution in [0.15, 0.2) is 72.8 Å². The minimum Gasteiger partial charge on any atom is -0.489 e. The lowest BCUT2D eigenvalue weighted by molar-refractivity contribution is -0.144. The molecular weight excluding hydrogens is 559 g/mol. The number of aliphatic hydroxyl groups excluding tert-OH is 1. The molecule has 3 aromatic carbocycles. The molecule has 1 saturated heterocycles. The number of hydrogen-bond acceptors (Lipinski definition) is 5. The van der Waals surface area contributed by atoms with Crippen LogP contribution < -0.4 is 9.47 Å². The number of benzene rings is 3. The van der Waals surface area contributed by atoms with Crippen LogP contribution in [0.3, 0.4) is 0 Å². The number of aliphatic carboxylic acids is 1. The van der Waals surface area contributed by atoms with Gasteiger partial charge in [-0.15, -0.1) is 0 Å². The van der Waals surface area contributed by atoms with Crippen molar-refractivity contribution in [1.29, 1.82) is 0 Å². The summed E-state index contributed by atoms with van der Waals surface area (Å²) in [4.78, 5) is 13.3. The van der Waals surface area contributed by atoms with Crippen LogP contribution >= 0.6 is 0 Å². The number of rotatable bonds is 9. The fourth-order valence-corrected chi connectivity index (χ4v) is 4.61. The van der Waals surface area contributed by atoms with Crippen LogP contribution in [-0.2, 0) is 11.0 Å². The Hall–Kier alpha value is -4.26. The zero-order valence-corrected chi connectivity index (χ0v) is 24.0. The number of carbonyl (C=O) groups is 1. The molecule has 43 heavy (non-hydrogen) atoms. The van der Waals surface area contributed by atoms with Crippen LogP contribution in [-0.4, -0.2) is 59.5 Å². The van der Waals surface area contributed by atoms with Gasteiger partial charge in [0.2, 0.25) is 0 Å². The number of carboxylic acids is 1. The summed E-state index contributed by atoms with van der Waals surface area (Å²) in [6.45, 7) is 5.61. The molecule has 4 rings (SSSR count). The molecule has 3 aromatic rings. The number of aryl methyl sites for hydroxylation is 1. The van der Waals surface area contributed by atoms with Gasteiger partial charge >= 0.3 is 12.1 Å². The van der Waals surface area contributed by atoms with E-state index >= 15 is 0 Å². The standard InChI is InChI=1S/C34H34F3NO5/c1-23-22-30(13-14-32(23)43-24(2)33(40)41)42-21-17-31(27-9-11-28(12-10-27)34(35,36)37)26-7-5-25(6-8-26)4-3-18-38-19-15-29(39)16-20-38/h5-14,17,22,24,29,39H,15-16,18-21H2,1-2H3,(H,40,41). The van der Waals surface area contributed by atoms with E-state index in [4.69, 9.17) is 14.6 Å². The maximum atomic E-state index is 13.2. The Morgan fingerprint density at radius 1 is 1.05 bits per heavy atom. The molecule has 1 aliphatic rings. The van der Waals surface area contributed by atoms with Gasteiger partial charge in [-0.1, -0.05) is 36.1 Å². The van der Waals surface area contributed by atoms with Gasteiger partial charge < -0.3 is 19.7 Å². The maximum Gasteiger partial charge on any atom is 0.416 e. The first kappa shape index (κ1) is 31.7. The monoisotopic (exact) mass is 593 g/mol. The lowest BCUT2D eigenvalue weighted by Gasteiger charge is -2.27. The molecule has 1 aliphatic heterocycles. The molecular formula is C34H34F3NO5. The number of hydrogen-bond donors (Lipinski definition) is 2. The largest absolute Gasteiger partial charge is 0.489 e. The van der Waals surface area contributed by atoms with Gasteiger partial charge in [0.1, 0.15) is 18.1 Å². The van der Waals surface area contributed by atoms with E-state index in [0.717, 1.165) is 49.2 Å². The van der Waals surface area contributed by atoms with E-state index < -0.39 is 23.8 Å². The summed E-state index contributed by atoms with van der Waals surface area (Å²) in [5.41, 5.74) is 2.89. The van der Waals surface area contributed by atoms with E-state index in [1.807, 2.05) is 24.3 Å². The number of carboxylic acid groups (broad SMARTS) is 1. The molecule has 0 spiro atoms. The molecule has 1 heterocycles. The minimum absolute atomic E-state index is 0.133. The van der Waals surface area contributed by atoms with Crippen LogP contribution in [0.2, 0.25) is 0 Å². The Balaban J connectivity index is 1.50. The van der Waals surface area contributed by atoms with Gasteiger partial charge in [0.25, 0.3) is 0 Å². The third-order valence-corrected chi connectivity index (χ3v) is 7.15. The predicted octanol–water partition coefficient (Wildman–Crippen LogP) is 6.18. The van der Waals surface area contributed by atoms with Gasteiger partial charge in [-0.3, -0.25) is 4.90 Å². The summed E-state index contributed by atoms with van der Waals surface area (Å²) in [7, 11) is 0. The average molecular weight is 594 g/mol. The molecule has 0 aromatic heterocycles. The van der Waals surface area contributed by atoms with Crippen molar-refractivity contribution in [2.45, 2.75) is 45.1 Å². The molecule has 0 bridgehead atoms. The Bertz CT molecular complexity index is 1480. The van der Waals surface area contributed by atoms with Crippen LogP contribution in [0.4, 0.5) is 13.2 Å². The van der Waals surface area contributed by atoms with Gasteiger partial charge in [0, 0.05) is 18.7 Å². The molecule has 1 unspecified atom stereocenters. The zero-order valence-electron chi connectivity index (χ0n) is 24.0. The highest BCUT2D eigenvalue weighted by Gasteiger charge is 2.30. The van der Waals surface area contributed by atoms with Crippen molar-refractivity contribution in [3.8, 4) is 23.3 Å². The molecule has 9 heteroatoms. The molecule has 0 saturated carbocycles. The van der Waals surface area contributed by atoms with Crippen LogP contribution in [0.1, 0.15) is 47.6 Å². The highest BCUT2D eigenvalue weighted by atomic mass is 19.4. The summed E-state index contributed by atoms with van der Waals surface area (Å²) in [5.74, 6) is 6.23. The number of halogens is 3. The van der Waals surface area contributed by atoms with Crippen molar-refractivity contribution in [3.63, 3.8) is 0 Å². The van der Waals surface area contributed by atoms with Crippen molar-refractivity contribution in [2.75, 3.05) is 26.2 Å². The maximum absolute atomic E-state index is 13.2. The highest BCUT2D eigenvalue weighted by Crippen LogP contribution is 2.32. The lowest BCUT2D eigenvalue weighted by Crippen LogP contribution is -2.35. The number of ether oxygens (including phenoxy) is 2. The number of aliphatic hydroxyl groups is 1. The summed E-state index contributed by atoms with van der Waals surface area (Å²) in [6, 6.07) is 17.6. The second kappa shape index (κ2) is 14.3. The van der Waals surface area contributed by atoms with Gasteiger partial charge in [-0.25, -0.2) is 4.79 Å². The quantitative estimate of drug-likeness (QED) is 0.289. The average Bonchev–Trinajstić information content (AvgIpc) is 2.98.